The minimum absolute atomic E-state index is 0.0839. The molecule has 2 rings (SSSR count). The zero-order valence-electron chi connectivity index (χ0n) is 10.1. The van der Waals surface area contributed by atoms with Crippen molar-refractivity contribution in [3.05, 3.63) is 34.3 Å². The number of carbonyl (C=O) groups is 1. The normalized spacial score (nSPS) is 18.0. The lowest BCUT2D eigenvalue weighted by molar-refractivity contribution is -0.125. The number of benzene rings is 1. The van der Waals surface area contributed by atoms with Gasteiger partial charge in [-0.25, -0.2) is 0 Å². The zero-order chi connectivity index (χ0) is 12.3. The Hall–Kier alpha value is -0.830. The third kappa shape index (κ3) is 3.32. The van der Waals surface area contributed by atoms with Crippen LogP contribution in [0.15, 0.2) is 28.7 Å². The molecule has 2 nitrogen and oxygen atoms in total. The molecule has 0 aromatic heterocycles. The first kappa shape index (κ1) is 12.6. The summed E-state index contributed by atoms with van der Waals surface area (Å²) in [6.07, 6.45) is 4.50. The number of amides is 1. The van der Waals surface area contributed by atoms with E-state index in [0.29, 0.717) is 0 Å². The van der Waals surface area contributed by atoms with Gasteiger partial charge in [-0.3, -0.25) is 4.79 Å². The van der Waals surface area contributed by atoms with E-state index >= 15 is 0 Å². The van der Waals surface area contributed by atoms with Crippen molar-refractivity contribution in [1.82, 2.24) is 5.32 Å². The predicted octanol–water partition coefficient (Wildman–Crippen LogP) is 3.82. The minimum atomic E-state index is 0.0839. The van der Waals surface area contributed by atoms with E-state index < -0.39 is 0 Å². The number of hydrogen-bond donors (Lipinski definition) is 1. The van der Waals surface area contributed by atoms with Gasteiger partial charge < -0.3 is 5.32 Å². The van der Waals surface area contributed by atoms with E-state index in [1.165, 1.54) is 12.8 Å². The first-order valence-electron chi connectivity index (χ1n) is 6.22. The summed E-state index contributed by atoms with van der Waals surface area (Å²) in [7, 11) is 0. The van der Waals surface area contributed by atoms with Gasteiger partial charge in [0.2, 0.25) is 5.91 Å². The fraction of sp³-hybridized carbons (Fsp3) is 0.500. The molecule has 1 aromatic carbocycles. The molecule has 0 spiro atoms. The Labute approximate surface area is 111 Å². The standard InChI is InChI=1S/C14H18BrNO/c1-10(12-7-4-8-13(15)9-12)16-14(17)11-5-2-3-6-11/h4,7-11H,2-3,5-6H2,1H3,(H,16,17). The number of carbonyl (C=O) groups excluding carboxylic acids is 1. The van der Waals surface area contributed by atoms with E-state index in [0.717, 1.165) is 22.9 Å². The molecule has 1 N–H and O–H groups in total. The molecule has 17 heavy (non-hydrogen) atoms. The van der Waals surface area contributed by atoms with Crippen molar-refractivity contribution in [2.75, 3.05) is 0 Å². The summed E-state index contributed by atoms with van der Waals surface area (Å²) in [5, 5.41) is 3.11. The van der Waals surface area contributed by atoms with Crippen LogP contribution in [-0.4, -0.2) is 5.91 Å². The van der Waals surface area contributed by atoms with Crippen LogP contribution in [0.25, 0.3) is 0 Å². The third-order valence-corrected chi connectivity index (χ3v) is 3.93. The molecule has 1 aliphatic rings. The maximum absolute atomic E-state index is 12.0. The van der Waals surface area contributed by atoms with E-state index in [9.17, 15) is 4.79 Å². The van der Waals surface area contributed by atoms with Crippen LogP contribution in [0, 0.1) is 5.92 Å². The molecule has 1 fully saturated rings. The van der Waals surface area contributed by atoms with Crippen LogP contribution in [0.4, 0.5) is 0 Å². The van der Waals surface area contributed by atoms with E-state index in [-0.39, 0.29) is 17.9 Å². The summed E-state index contributed by atoms with van der Waals surface area (Å²) in [4.78, 5) is 12.0. The third-order valence-electron chi connectivity index (χ3n) is 3.43. The smallest absolute Gasteiger partial charge is 0.223 e. The quantitative estimate of drug-likeness (QED) is 0.902. The molecule has 1 aromatic rings. The van der Waals surface area contributed by atoms with E-state index in [1.54, 1.807) is 0 Å². The second-order valence-corrected chi connectivity index (χ2v) is 5.68. The van der Waals surface area contributed by atoms with Crippen molar-refractivity contribution in [2.45, 2.75) is 38.6 Å². The van der Waals surface area contributed by atoms with Crippen LogP contribution >= 0.6 is 15.9 Å². The van der Waals surface area contributed by atoms with Crippen molar-refractivity contribution >= 4 is 21.8 Å². The van der Waals surface area contributed by atoms with E-state index in [2.05, 4.69) is 27.3 Å². The van der Waals surface area contributed by atoms with Gasteiger partial charge in [0.25, 0.3) is 0 Å². The van der Waals surface area contributed by atoms with Gasteiger partial charge in [-0.2, -0.15) is 0 Å². The SMILES string of the molecule is CC(NC(=O)C1CCCC1)c1cccc(Br)c1. The highest BCUT2D eigenvalue weighted by molar-refractivity contribution is 9.10. The summed E-state index contributed by atoms with van der Waals surface area (Å²) in [6.45, 7) is 2.04. The van der Waals surface area contributed by atoms with Crippen molar-refractivity contribution in [2.24, 2.45) is 5.92 Å². The summed E-state index contributed by atoms with van der Waals surface area (Å²) in [5.74, 6) is 0.458. The summed E-state index contributed by atoms with van der Waals surface area (Å²) < 4.78 is 1.05. The van der Waals surface area contributed by atoms with Crippen LogP contribution < -0.4 is 5.32 Å². The lowest BCUT2D eigenvalue weighted by Crippen LogP contribution is -2.31. The van der Waals surface area contributed by atoms with E-state index in [1.807, 2.05) is 25.1 Å². The molecule has 1 saturated carbocycles. The zero-order valence-corrected chi connectivity index (χ0v) is 11.7. The molecule has 1 amide bonds. The maximum atomic E-state index is 12.0. The number of rotatable bonds is 3. The molecule has 3 heteroatoms. The number of hydrogen-bond acceptors (Lipinski definition) is 1. The molecule has 0 heterocycles. The van der Waals surface area contributed by atoms with Crippen molar-refractivity contribution in [1.29, 1.82) is 0 Å². The Morgan fingerprint density at radius 3 is 2.76 bits per heavy atom. The molecule has 1 aliphatic carbocycles. The van der Waals surface area contributed by atoms with Crippen LogP contribution in [-0.2, 0) is 4.79 Å². The highest BCUT2D eigenvalue weighted by Crippen LogP contribution is 2.26. The van der Waals surface area contributed by atoms with Crippen LogP contribution in [0.2, 0.25) is 0 Å². The Balaban J connectivity index is 1.96. The lowest BCUT2D eigenvalue weighted by Gasteiger charge is -2.17. The lowest BCUT2D eigenvalue weighted by atomic mass is 10.0. The average molecular weight is 296 g/mol. The Kier molecular flexibility index (Phi) is 4.21. The largest absolute Gasteiger partial charge is 0.349 e. The molecule has 0 radical (unpaired) electrons. The topological polar surface area (TPSA) is 29.1 Å². The fourth-order valence-corrected chi connectivity index (χ4v) is 2.80. The van der Waals surface area contributed by atoms with Crippen molar-refractivity contribution in [3.63, 3.8) is 0 Å². The van der Waals surface area contributed by atoms with Gasteiger partial charge in [-0.15, -0.1) is 0 Å². The fourth-order valence-electron chi connectivity index (χ4n) is 2.38. The van der Waals surface area contributed by atoms with Gasteiger partial charge in [0.1, 0.15) is 0 Å². The molecule has 1 unspecified atom stereocenters. The average Bonchev–Trinajstić information content (AvgIpc) is 2.82. The number of nitrogens with one attached hydrogen (secondary N) is 1. The second kappa shape index (κ2) is 5.67. The molecule has 0 saturated heterocycles. The van der Waals surface area contributed by atoms with Crippen LogP contribution in [0.3, 0.4) is 0 Å². The molecule has 0 aliphatic heterocycles. The van der Waals surface area contributed by atoms with Crippen molar-refractivity contribution < 1.29 is 4.79 Å². The van der Waals surface area contributed by atoms with Gasteiger partial charge in [0.15, 0.2) is 0 Å². The Morgan fingerprint density at radius 1 is 1.41 bits per heavy atom. The number of halogens is 1. The van der Waals surface area contributed by atoms with Gasteiger partial charge in [0, 0.05) is 10.4 Å². The molecule has 0 bridgehead atoms. The summed E-state index contributed by atoms with van der Waals surface area (Å²) in [5.41, 5.74) is 1.14. The molecule has 1 atom stereocenters. The molecular formula is C14H18BrNO. The summed E-state index contributed by atoms with van der Waals surface area (Å²) >= 11 is 3.45. The maximum Gasteiger partial charge on any atom is 0.223 e. The highest BCUT2D eigenvalue weighted by atomic mass is 79.9. The van der Waals surface area contributed by atoms with Gasteiger partial charge in [-0.05, 0) is 37.5 Å². The predicted molar refractivity (Wildman–Crippen MR) is 72.7 cm³/mol. The van der Waals surface area contributed by atoms with Gasteiger partial charge >= 0.3 is 0 Å². The minimum Gasteiger partial charge on any atom is -0.349 e. The monoisotopic (exact) mass is 295 g/mol. The van der Waals surface area contributed by atoms with Crippen molar-refractivity contribution in [3.8, 4) is 0 Å². The second-order valence-electron chi connectivity index (χ2n) is 4.77. The van der Waals surface area contributed by atoms with Gasteiger partial charge in [0.05, 0.1) is 6.04 Å². The van der Waals surface area contributed by atoms with E-state index in [4.69, 9.17) is 0 Å². The highest BCUT2D eigenvalue weighted by Gasteiger charge is 2.23. The van der Waals surface area contributed by atoms with Crippen LogP contribution in [0.1, 0.15) is 44.2 Å². The Bertz CT molecular complexity index is 399. The first-order valence-corrected chi connectivity index (χ1v) is 7.02. The van der Waals surface area contributed by atoms with Crippen LogP contribution in [0.5, 0.6) is 0 Å². The summed E-state index contributed by atoms with van der Waals surface area (Å²) in [6, 6.07) is 8.18. The first-order chi connectivity index (χ1) is 8.16. The Morgan fingerprint density at radius 2 is 2.12 bits per heavy atom. The molecular weight excluding hydrogens is 278 g/mol. The molecule has 92 valence electrons. The van der Waals surface area contributed by atoms with Gasteiger partial charge in [-0.1, -0.05) is 40.9 Å².